The molecule has 2 aliphatic rings. The molecule has 176 valence electrons. The molecule has 0 N–H and O–H groups in total. The number of carbonyl (C=O) groups is 1. The van der Waals surface area contributed by atoms with Crippen LogP contribution in [-0.4, -0.2) is 44.7 Å². The van der Waals surface area contributed by atoms with Crippen molar-refractivity contribution in [2.75, 3.05) is 27.8 Å². The third-order valence-corrected chi connectivity index (χ3v) is 6.80. The van der Waals surface area contributed by atoms with E-state index in [1.165, 1.54) is 0 Å². The number of rotatable bonds is 5. The van der Waals surface area contributed by atoms with E-state index in [1.54, 1.807) is 14.2 Å². The van der Waals surface area contributed by atoms with Crippen molar-refractivity contribution in [1.82, 2.24) is 4.90 Å². The molecule has 0 radical (unpaired) electrons. The summed E-state index contributed by atoms with van der Waals surface area (Å²) in [4.78, 5) is 14.8. The summed E-state index contributed by atoms with van der Waals surface area (Å²) < 4.78 is 54.8. The van der Waals surface area contributed by atoms with Gasteiger partial charge in [0.05, 0.1) is 25.3 Å². The molecular formula is C25H26F3NO4. The summed E-state index contributed by atoms with van der Waals surface area (Å²) in [5.74, 6) is 1.21. The van der Waals surface area contributed by atoms with Gasteiger partial charge in [-0.05, 0) is 74.5 Å². The maximum absolute atomic E-state index is 12.8. The van der Waals surface area contributed by atoms with Crippen molar-refractivity contribution in [3.8, 4) is 11.5 Å². The Morgan fingerprint density at radius 2 is 1.76 bits per heavy atom. The number of fused-ring (bicyclic) bond motifs is 1. The summed E-state index contributed by atoms with van der Waals surface area (Å²) in [7, 11) is 5.26. The third-order valence-electron chi connectivity index (χ3n) is 6.80. The standard InChI is InChI=1S/C25H26F3NO4/c1-29-13-12-24(18-8-9-20(31-2)21(14-18)32-3)11-10-19(15-22(24)29)33-23(30)16-4-6-17(7-5-16)25(26,27)28/h4-10,14,22H,11-13,15H2,1-3H3. The SMILES string of the molecule is COc1ccc(C23CC=C(OC(=O)c4ccc(C(F)(F)F)cc4)CC2N(C)CC3)cc1OC. The molecule has 1 fully saturated rings. The smallest absolute Gasteiger partial charge is 0.416 e. The zero-order chi connectivity index (χ0) is 23.8. The molecule has 0 spiro atoms. The predicted octanol–water partition coefficient (Wildman–Crippen LogP) is 5.20. The first-order valence-electron chi connectivity index (χ1n) is 10.7. The largest absolute Gasteiger partial charge is 0.493 e. The van der Waals surface area contributed by atoms with Gasteiger partial charge in [-0.3, -0.25) is 0 Å². The van der Waals surface area contributed by atoms with E-state index in [0.29, 0.717) is 30.1 Å². The van der Waals surface area contributed by atoms with Gasteiger partial charge >= 0.3 is 12.1 Å². The van der Waals surface area contributed by atoms with Crippen LogP contribution in [0.1, 0.15) is 40.7 Å². The summed E-state index contributed by atoms with van der Waals surface area (Å²) in [5, 5.41) is 0. The van der Waals surface area contributed by atoms with E-state index in [4.69, 9.17) is 14.2 Å². The lowest BCUT2D eigenvalue weighted by molar-refractivity contribution is -0.137. The van der Waals surface area contributed by atoms with Crippen LogP contribution in [0.15, 0.2) is 54.3 Å². The van der Waals surface area contributed by atoms with Gasteiger partial charge in [0.25, 0.3) is 0 Å². The van der Waals surface area contributed by atoms with E-state index in [2.05, 4.69) is 11.0 Å². The molecule has 0 saturated carbocycles. The molecule has 2 atom stereocenters. The first kappa shape index (κ1) is 23.2. The number of esters is 1. The second-order valence-electron chi connectivity index (χ2n) is 8.52. The predicted molar refractivity (Wildman–Crippen MR) is 116 cm³/mol. The zero-order valence-electron chi connectivity index (χ0n) is 18.7. The van der Waals surface area contributed by atoms with Gasteiger partial charge in [0.15, 0.2) is 11.5 Å². The Morgan fingerprint density at radius 1 is 1.06 bits per heavy atom. The second-order valence-corrected chi connectivity index (χ2v) is 8.52. The molecule has 2 aromatic rings. The van der Waals surface area contributed by atoms with Gasteiger partial charge in [-0.2, -0.15) is 13.2 Å². The van der Waals surface area contributed by atoms with E-state index >= 15 is 0 Å². The Kier molecular flexibility index (Phi) is 6.14. The van der Waals surface area contributed by atoms with Crippen LogP contribution in [0, 0.1) is 0 Å². The summed E-state index contributed by atoms with van der Waals surface area (Å²) in [6.07, 6.45) is -0.381. The number of allylic oxidation sites excluding steroid dienone is 1. The molecule has 0 aromatic heterocycles. The number of carbonyl (C=O) groups excluding carboxylic acids is 1. The molecule has 2 unspecified atom stereocenters. The number of hydrogen-bond donors (Lipinski definition) is 0. The fourth-order valence-corrected chi connectivity index (χ4v) is 4.94. The fourth-order valence-electron chi connectivity index (χ4n) is 4.94. The molecule has 5 nitrogen and oxygen atoms in total. The minimum atomic E-state index is -4.45. The Bertz CT molecular complexity index is 1060. The van der Waals surface area contributed by atoms with Crippen LogP contribution >= 0.6 is 0 Å². The van der Waals surface area contributed by atoms with Crippen molar-refractivity contribution in [3.63, 3.8) is 0 Å². The van der Waals surface area contributed by atoms with Gasteiger partial charge in [0.1, 0.15) is 5.76 Å². The maximum atomic E-state index is 12.8. The van der Waals surface area contributed by atoms with Crippen LogP contribution in [0.25, 0.3) is 0 Å². The van der Waals surface area contributed by atoms with Gasteiger partial charge in [0.2, 0.25) is 0 Å². The lowest BCUT2D eigenvalue weighted by atomic mass is 9.68. The average Bonchev–Trinajstić information content (AvgIpc) is 3.15. The first-order chi connectivity index (χ1) is 15.7. The average molecular weight is 461 g/mol. The minimum Gasteiger partial charge on any atom is -0.493 e. The first-order valence-corrected chi connectivity index (χ1v) is 10.7. The molecular weight excluding hydrogens is 435 g/mol. The highest BCUT2D eigenvalue weighted by Crippen LogP contribution is 2.49. The van der Waals surface area contributed by atoms with Gasteiger partial charge < -0.3 is 19.1 Å². The van der Waals surface area contributed by atoms with E-state index in [1.807, 2.05) is 25.3 Å². The van der Waals surface area contributed by atoms with Crippen molar-refractivity contribution in [1.29, 1.82) is 0 Å². The molecule has 4 rings (SSSR count). The molecule has 8 heteroatoms. The molecule has 1 saturated heterocycles. The highest BCUT2D eigenvalue weighted by molar-refractivity contribution is 5.90. The van der Waals surface area contributed by atoms with Crippen LogP contribution in [-0.2, 0) is 16.3 Å². The Balaban J connectivity index is 1.55. The molecule has 2 aromatic carbocycles. The van der Waals surface area contributed by atoms with Crippen molar-refractivity contribution >= 4 is 5.97 Å². The molecule has 0 amide bonds. The second kappa shape index (κ2) is 8.74. The molecule has 33 heavy (non-hydrogen) atoms. The number of methoxy groups -OCH3 is 2. The number of likely N-dealkylation sites (tertiary alicyclic amines) is 1. The number of likely N-dealkylation sites (N-methyl/N-ethyl adjacent to an activating group) is 1. The van der Waals surface area contributed by atoms with E-state index in [9.17, 15) is 18.0 Å². The van der Waals surface area contributed by atoms with Crippen molar-refractivity contribution in [2.45, 2.75) is 36.9 Å². The molecule has 0 bridgehead atoms. The molecule has 1 aliphatic heterocycles. The van der Waals surface area contributed by atoms with Crippen LogP contribution in [0.2, 0.25) is 0 Å². The number of halogens is 3. The van der Waals surface area contributed by atoms with Crippen molar-refractivity contribution in [2.24, 2.45) is 0 Å². The Hall–Kier alpha value is -3.00. The quantitative estimate of drug-likeness (QED) is 0.573. The van der Waals surface area contributed by atoms with E-state index < -0.39 is 17.7 Å². The Morgan fingerprint density at radius 3 is 2.39 bits per heavy atom. The maximum Gasteiger partial charge on any atom is 0.416 e. The lowest BCUT2D eigenvalue weighted by Gasteiger charge is -2.40. The monoisotopic (exact) mass is 461 g/mol. The van der Waals surface area contributed by atoms with Crippen LogP contribution in [0.3, 0.4) is 0 Å². The summed E-state index contributed by atoms with van der Waals surface area (Å²) in [5.41, 5.74) is 0.265. The van der Waals surface area contributed by atoms with E-state index in [-0.39, 0.29) is 17.0 Å². The molecule has 1 heterocycles. The topological polar surface area (TPSA) is 48.0 Å². The van der Waals surface area contributed by atoms with E-state index in [0.717, 1.165) is 42.8 Å². The number of benzene rings is 2. The number of alkyl halides is 3. The highest BCUT2D eigenvalue weighted by atomic mass is 19.4. The minimum absolute atomic E-state index is 0.0837. The van der Waals surface area contributed by atoms with Crippen LogP contribution in [0.4, 0.5) is 13.2 Å². The van der Waals surface area contributed by atoms with Crippen molar-refractivity contribution < 1.29 is 32.2 Å². The van der Waals surface area contributed by atoms with Gasteiger partial charge in [0, 0.05) is 17.9 Å². The normalized spacial score (nSPS) is 23.0. The van der Waals surface area contributed by atoms with Crippen LogP contribution < -0.4 is 9.47 Å². The van der Waals surface area contributed by atoms with Crippen LogP contribution in [0.5, 0.6) is 11.5 Å². The summed E-state index contributed by atoms with van der Waals surface area (Å²) >= 11 is 0. The Labute approximate surface area is 190 Å². The summed E-state index contributed by atoms with van der Waals surface area (Å²) in [6, 6.07) is 10.1. The van der Waals surface area contributed by atoms with Crippen molar-refractivity contribution in [3.05, 3.63) is 71.0 Å². The lowest BCUT2D eigenvalue weighted by Crippen LogP contribution is -2.43. The van der Waals surface area contributed by atoms with Gasteiger partial charge in [-0.15, -0.1) is 0 Å². The van der Waals surface area contributed by atoms with Gasteiger partial charge in [-0.25, -0.2) is 4.79 Å². The number of hydrogen-bond acceptors (Lipinski definition) is 5. The number of ether oxygens (including phenoxy) is 3. The van der Waals surface area contributed by atoms with Gasteiger partial charge in [-0.1, -0.05) is 6.07 Å². The highest BCUT2D eigenvalue weighted by Gasteiger charge is 2.49. The summed E-state index contributed by atoms with van der Waals surface area (Å²) in [6.45, 7) is 0.896. The zero-order valence-corrected chi connectivity index (χ0v) is 18.7. The molecule has 1 aliphatic carbocycles. The fraction of sp³-hybridized carbons (Fsp3) is 0.400. The number of nitrogens with zero attached hydrogens (tertiary/aromatic N) is 1. The third kappa shape index (κ3) is 4.31.